The summed E-state index contributed by atoms with van der Waals surface area (Å²) >= 11 is 6.09. The summed E-state index contributed by atoms with van der Waals surface area (Å²) in [5.74, 6) is -0.122. The number of rotatable bonds is 5. The molecule has 0 amide bonds. The number of nitrogens with zero attached hydrogens (tertiary/aromatic N) is 4. The first-order valence-electron chi connectivity index (χ1n) is 8.26. The highest BCUT2D eigenvalue weighted by Gasteiger charge is 2.34. The standard InChI is InChI=1S/C18H17ClF3N5/c1-3-27-11(2)13(10-24-27)15-8-16(18(20,21)22)26-17(25-15)23-9-12-6-4-5-7-14(12)19/h4-8,10H,3,9H2,1-2H3,(H,23,25,26). The van der Waals surface area contributed by atoms with Crippen molar-refractivity contribution in [2.75, 3.05) is 5.32 Å². The van der Waals surface area contributed by atoms with Gasteiger partial charge in [0.15, 0.2) is 5.69 Å². The molecule has 142 valence electrons. The minimum Gasteiger partial charge on any atom is -0.350 e. The quantitative estimate of drug-likeness (QED) is 0.664. The van der Waals surface area contributed by atoms with Gasteiger partial charge < -0.3 is 5.32 Å². The van der Waals surface area contributed by atoms with Gasteiger partial charge in [-0.25, -0.2) is 9.97 Å². The summed E-state index contributed by atoms with van der Waals surface area (Å²) in [6.45, 7) is 4.51. The molecule has 0 saturated heterocycles. The first-order chi connectivity index (χ1) is 12.8. The number of benzene rings is 1. The zero-order chi connectivity index (χ0) is 19.6. The molecule has 0 aliphatic rings. The van der Waals surface area contributed by atoms with Gasteiger partial charge in [0.2, 0.25) is 5.95 Å². The summed E-state index contributed by atoms with van der Waals surface area (Å²) in [4.78, 5) is 7.87. The lowest BCUT2D eigenvalue weighted by Gasteiger charge is -2.12. The Morgan fingerprint density at radius 1 is 1.19 bits per heavy atom. The Balaban J connectivity index is 1.98. The lowest BCUT2D eigenvalue weighted by atomic mass is 10.1. The molecule has 0 unspecified atom stereocenters. The maximum Gasteiger partial charge on any atom is 0.433 e. The van der Waals surface area contributed by atoms with Gasteiger partial charge in [-0.1, -0.05) is 29.8 Å². The van der Waals surface area contributed by atoms with Gasteiger partial charge in [0.05, 0.1) is 11.9 Å². The summed E-state index contributed by atoms with van der Waals surface area (Å²) in [6.07, 6.45) is -3.08. The largest absolute Gasteiger partial charge is 0.433 e. The summed E-state index contributed by atoms with van der Waals surface area (Å²) < 4.78 is 41.6. The molecule has 2 heterocycles. The zero-order valence-corrected chi connectivity index (χ0v) is 15.4. The third kappa shape index (κ3) is 4.21. The van der Waals surface area contributed by atoms with Crippen molar-refractivity contribution in [2.24, 2.45) is 0 Å². The molecule has 1 aromatic carbocycles. The van der Waals surface area contributed by atoms with E-state index in [2.05, 4.69) is 20.4 Å². The van der Waals surface area contributed by atoms with E-state index in [0.717, 1.165) is 17.3 Å². The maximum atomic E-state index is 13.3. The molecule has 3 rings (SSSR count). The molecular weight excluding hydrogens is 379 g/mol. The smallest absolute Gasteiger partial charge is 0.350 e. The highest BCUT2D eigenvalue weighted by molar-refractivity contribution is 6.31. The normalized spacial score (nSPS) is 11.6. The minimum atomic E-state index is -4.59. The molecule has 1 N–H and O–H groups in total. The van der Waals surface area contributed by atoms with Crippen LogP contribution in [0.25, 0.3) is 11.3 Å². The number of nitrogens with one attached hydrogen (secondary N) is 1. The molecular formula is C18H17ClF3N5. The maximum absolute atomic E-state index is 13.3. The molecule has 3 aromatic rings. The summed E-state index contributed by atoms with van der Waals surface area (Å²) in [7, 11) is 0. The topological polar surface area (TPSA) is 55.6 Å². The summed E-state index contributed by atoms with van der Waals surface area (Å²) in [5.41, 5.74) is 1.15. The number of aromatic nitrogens is 4. The molecule has 27 heavy (non-hydrogen) atoms. The number of hydrogen-bond donors (Lipinski definition) is 1. The Labute approximate surface area is 159 Å². The molecule has 2 aromatic heterocycles. The fraction of sp³-hybridized carbons (Fsp3) is 0.278. The number of hydrogen-bond acceptors (Lipinski definition) is 4. The molecule has 5 nitrogen and oxygen atoms in total. The summed E-state index contributed by atoms with van der Waals surface area (Å²) in [5, 5.41) is 7.52. The Hall–Kier alpha value is -2.61. The molecule has 0 saturated carbocycles. The van der Waals surface area contributed by atoms with Gasteiger partial charge in [-0.2, -0.15) is 18.3 Å². The van der Waals surface area contributed by atoms with E-state index in [0.29, 0.717) is 17.1 Å². The van der Waals surface area contributed by atoms with Gasteiger partial charge in [0.1, 0.15) is 0 Å². The van der Waals surface area contributed by atoms with Crippen LogP contribution in [0.15, 0.2) is 36.5 Å². The van der Waals surface area contributed by atoms with E-state index < -0.39 is 11.9 Å². The highest BCUT2D eigenvalue weighted by Crippen LogP contribution is 2.32. The van der Waals surface area contributed by atoms with Crippen LogP contribution in [0.5, 0.6) is 0 Å². The van der Waals surface area contributed by atoms with E-state index in [-0.39, 0.29) is 18.2 Å². The van der Waals surface area contributed by atoms with Crippen molar-refractivity contribution in [1.82, 2.24) is 19.7 Å². The van der Waals surface area contributed by atoms with Crippen LogP contribution in [0.2, 0.25) is 5.02 Å². The Bertz CT molecular complexity index is 952. The van der Waals surface area contributed by atoms with Gasteiger partial charge in [-0.15, -0.1) is 0 Å². The van der Waals surface area contributed by atoms with Crippen molar-refractivity contribution in [1.29, 1.82) is 0 Å². The average molecular weight is 396 g/mol. The van der Waals surface area contributed by atoms with Crippen LogP contribution in [0, 0.1) is 6.92 Å². The SMILES string of the molecule is CCn1ncc(-c2cc(C(F)(F)F)nc(NCc3ccccc3Cl)n2)c1C. The van der Waals surface area contributed by atoms with E-state index in [4.69, 9.17) is 11.6 Å². The van der Waals surface area contributed by atoms with Gasteiger partial charge >= 0.3 is 6.18 Å². The summed E-state index contributed by atoms with van der Waals surface area (Å²) in [6, 6.07) is 7.99. The van der Waals surface area contributed by atoms with Crippen molar-refractivity contribution in [2.45, 2.75) is 33.1 Å². The van der Waals surface area contributed by atoms with Crippen LogP contribution in [0.1, 0.15) is 23.9 Å². The zero-order valence-electron chi connectivity index (χ0n) is 14.7. The van der Waals surface area contributed by atoms with E-state index >= 15 is 0 Å². The van der Waals surface area contributed by atoms with Gasteiger partial charge in [-0.05, 0) is 31.5 Å². The molecule has 0 aliphatic carbocycles. The van der Waals surface area contributed by atoms with Crippen molar-refractivity contribution in [3.05, 3.63) is 58.5 Å². The van der Waals surface area contributed by atoms with Crippen LogP contribution in [0.3, 0.4) is 0 Å². The van der Waals surface area contributed by atoms with Crippen molar-refractivity contribution in [3.8, 4) is 11.3 Å². The predicted octanol–water partition coefficient (Wildman–Crippen LogP) is 4.95. The van der Waals surface area contributed by atoms with Crippen LogP contribution in [-0.4, -0.2) is 19.7 Å². The average Bonchev–Trinajstić information content (AvgIpc) is 3.00. The van der Waals surface area contributed by atoms with Gasteiger partial charge in [-0.3, -0.25) is 4.68 Å². The predicted molar refractivity (Wildman–Crippen MR) is 97.4 cm³/mol. The van der Waals surface area contributed by atoms with E-state index in [9.17, 15) is 13.2 Å². The molecule has 0 radical (unpaired) electrons. The Morgan fingerprint density at radius 2 is 1.93 bits per heavy atom. The van der Waals surface area contributed by atoms with Gasteiger partial charge in [0, 0.05) is 29.4 Å². The number of halogens is 4. The fourth-order valence-electron chi connectivity index (χ4n) is 2.64. The first kappa shape index (κ1) is 19.2. The minimum absolute atomic E-state index is 0.122. The van der Waals surface area contributed by atoms with Crippen LogP contribution >= 0.6 is 11.6 Å². The Morgan fingerprint density at radius 3 is 2.56 bits per heavy atom. The molecule has 0 fully saturated rings. The van der Waals surface area contributed by atoms with Crippen LogP contribution in [-0.2, 0) is 19.3 Å². The third-order valence-electron chi connectivity index (χ3n) is 4.09. The Kier molecular flexibility index (Phi) is 5.36. The van der Waals surface area contributed by atoms with E-state index in [1.165, 1.54) is 6.20 Å². The molecule has 9 heteroatoms. The third-order valence-corrected chi connectivity index (χ3v) is 4.46. The molecule has 0 atom stereocenters. The molecule has 0 spiro atoms. The lowest BCUT2D eigenvalue weighted by Crippen LogP contribution is -2.13. The monoisotopic (exact) mass is 395 g/mol. The second kappa shape index (κ2) is 7.56. The van der Waals surface area contributed by atoms with Crippen molar-refractivity contribution >= 4 is 17.5 Å². The van der Waals surface area contributed by atoms with Crippen LogP contribution in [0.4, 0.5) is 19.1 Å². The first-order valence-corrected chi connectivity index (χ1v) is 8.63. The second-order valence-corrected chi connectivity index (χ2v) is 6.27. The van der Waals surface area contributed by atoms with Gasteiger partial charge in [0.25, 0.3) is 0 Å². The molecule has 0 bridgehead atoms. The van der Waals surface area contributed by atoms with Crippen LogP contribution < -0.4 is 5.32 Å². The number of anilines is 1. The van der Waals surface area contributed by atoms with E-state index in [1.54, 1.807) is 35.9 Å². The second-order valence-electron chi connectivity index (χ2n) is 5.86. The fourth-order valence-corrected chi connectivity index (χ4v) is 2.84. The highest BCUT2D eigenvalue weighted by atomic mass is 35.5. The van der Waals surface area contributed by atoms with E-state index in [1.807, 2.05) is 6.92 Å². The van der Waals surface area contributed by atoms with Crippen molar-refractivity contribution in [3.63, 3.8) is 0 Å². The number of alkyl halides is 3. The van der Waals surface area contributed by atoms with Crippen molar-refractivity contribution < 1.29 is 13.2 Å². The number of aryl methyl sites for hydroxylation is 1. The molecule has 0 aliphatic heterocycles. The lowest BCUT2D eigenvalue weighted by molar-refractivity contribution is -0.141.